The normalized spacial score (nSPS) is 14.3. The standard InChI is InChI=1S/C17H28ClN/c1-4-6-14(3)12-16(13-19-11-5-2)15-7-9-17(18)10-8-15/h7-10,14,16,19H,4-6,11-13H2,1-3H3. The van der Waals surface area contributed by atoms with E-state index in [1.165, 1.54) is 31.2 Å². The molecule has 0 saturated heterocycles. The molecule has 19 heavy (non-hydrogen) atoms. The third-order valence-corrected chi connectivity index (χ3v) is 3.88. The molecule has 0 aliphatic rings. The van der Waals surface area contributed by atoms with Crippen LogP contribution in [0.3, 0.4) is 0 Å². The van der Waals surface area contributed by atoms with Gasteiger partial charge in [0.15, 0.2) is 0 Å². The van der Waals surface area contributed by atoms with E-state index in [9.17, 15) is 0 Å². The van der Waals surface area contributed by atoms with Crippen molar-refractivity contribution >= 4 is 11.6 Å². The van der Waals surface area contributed by atoms with Gasteiger partial charge in [-0.3, -0.25) is 0 Å². The summed E-state index contributed by atoms with van der Waals surface area (Å²) >= 11 is 5.98. The molecule has 0 fully saturated rings. The second kappa shape index (κ2) is 9.39. The molecule has 0 aliphatic carbocycles. The molecule has 108 valence electrons. The lowest BCUT2D eigenvalue weighted by Gasteiger charge is -2.22. The molecular formula is C17H28ClN. The third-order valence-electron chi connectivity index (χ3n) is 3.63. The predicted molar refractivity (Wildman–Crippen MR) is 86.0 cm³/mol. The summed E-state index contributed by atoms with van der Waals surface area (Å²) in [7, 11) is 0. The first-order chi connectivity index (χ1) is 9.17. The van der Waals surface area contributed by atoms with Gasteiger partial charge >= 0.3 is 0 Å². The van der Waals surface area contributed by atoms with Gasteiger partial charge in [0.25, 0.3) is 0 Å². The highest BCUT2D eigenvalue weighted by atomic mass is 35.5. The second-order valence-corrected chi connectivity index (χ2v) is 6.02. The Morgan fingerprint density at radius 3 is 2.37 bits per heavy atom. The minimum atomic E-state index is 0.602. The van der Waals surface area contributed by atoms with Gasteiger partial charge < -0.3 is 5.32 Å². The van der Waals surface area contributed by atoms with Crippen molar-refractivity contribution in [1.82, 2.24) is 5.32 Å². The Bertz CT molecular complexity index is 334. The van der Waals surface area contributed by atoms with Crippen molar-refractivity contribution in [1.29, 1.82) is 0 Å². The zero-order chi connectivity index (χ0) is 14.1. The minimum Gasteiger partial charge on any atom is -0.316 e. The molecule has 2 heteroatoms. The Hall–Kier alpha value is -0.530. The van der Waals surface area contributed by atoms with Crippen molar-refractivity contribution in [2.45, 2.75) is 52.4 Å². The van der Waals surface area contributed by atoms with E-state index < -0.39 is 0 Å². The van der Waals surface area contributed by atoms with Crippen molar-refractivity contribution in [2.24, 2.45) is 5.92 Å². The van der Waals surface area contributed by atoms with Crippen LogP contribution in [0.1, 0.15) is 57.9 Å². The highest BCUT2D eigenvalue weighted by Crippen LogP contribution is 2.26. The maximum Gasteiger partial charge on any atom is 0.0406 e. The Morgan fingerprint density at radius 2 is 1.79 bits per heavy atom. The number of benzene rings is 1. The Kier molecular flexibility index (Phi) is 8.16. The van der Waals surface area contributed by atoms with Crippen LogP contribution in [-0.2, 0) is 0 Å². The molecule has 1 rings (SSSR count). The molecule has 0 bridgehead atoms. The molecule has 0 heterocycles. The topological polar surface area (TPSA) is 12.0 Å². The molecule has 0 spiro atoms. The molecule has 1 aromatic rings. The van der Waals surface area contributed by atoms with Gasteiger partial charge in [0.1, 0.15) is 0 Å². The first-order valence-electron chi connectivity index (χ1n) is 7.63. The van der Waals surface area contributed by atoms with Gasteiger partial charge in [0, 0.05) is 11.6 Å². The first-order valence-corrected chi connectivity index (χ1v) is 8.01. The Labute approximate surface area is 123 Å². The fourth-order valence-corrected chi connectivity index (χ4v) is 2.75. The lowest BCUT2D eigenvalue weighted by Crippen LogP contribution is -2.23. The summed E-state index contributed by atoms with van der Waals surface area (Å²) < 4.78 is 0. The Balaban J connectivity index is 2.64. The van der Waals surface area contributed by atoms with E-state index in [1.807, 2.05) is 12.1 Å². The van der Waals surface area contributed by atoms with Gasteiger partial charge in [-0.2, -0.15) is 0 Å². The summed E-state index contributed by atoms with van der Waals surface area (Å²) in [5.41, 5.74) is 1.41. The summed E-state index contributed by atoms with van der Waals surface area (Å²) in [6.45, 7) is 9.02. The number of hydrogen-bond donors (Lipinski definition) is 1. The zero-order valence-electron chi connectivity index (χ0n) is 12.6. The SMILES string of the molecule is CCCNCC(CC(C)CCC)c1ccc(Cl)cc1. The van der Waals surface area contributed by atoms with E-state index in [2.05, 4.69) is 38.2 Å². The molecular weight excluding hydrogens is 254 g/mol. The molecule has 0 aliphatic heterocycles. The minimum absolute atomic E-state index is 0.602. The van der Waals surface area contributed by atoms with Crippen molar-refractivity contribution < 1.29 is 0 Å². The van der Waals surface area contributed by atoms with E-state index >= 15 is 0 Å². The van der Waals surface area contributed by atoms with E-state index in [1.54, 1.807) is 0 Å². The van der Waals surface area contributed by atoms with Crippen LogP contribution in [0, 0.1) is 5.92 Å². The lowest BCUT2D eigenvalue weighted by molar-refractivity contribution is 0.420. The lowest BCUT2D eigenvalue weighted by atomic mass is 9.87. The van der Waals surface area contributed by atoms with Crippen LogP contribution in [-0.4, -0.2) is 13.1 Å². The molecule has 0 aromatic heterocycles. The van der Waals surface area contributed by atoms with Crippen LogP contribution in [0.2, 0.25) is 5.02 Å². The van der Waals surface area contributed by atoms with Gasteiger partial charge in [-0.1, -0.05) is 57.3 Å². The Morgan fingerprint density at radius 1 is 1.11 bits per heavy atom. The van der Waals surface area contributed by atoms with Crippen LogP contribution < -0.4 is 5.32 Å². The average Bonchev–Trinajstić information content (AvgIpc) is 2.39. The van der Waals surface area contributed by atoms with Gasteiger partial charge in [-0.15, -0.1) is 0 Å². The van der Waals surface area contributed by atoms with Gasteiger partial charge in [0.05, 0.1) is 0 Å². The molecule has 0 amide bonds. The van der Waals surface area contributed by atoms with Crippen molar-refractivity contribution in [3.05, 3.63) is 34.9 Å². The largest absolute Gasteiger partial charge is 0.316 e. The maximum atomic E-state index is 5.98. The molecule has 2 unspecified atom stereocenters. The van der Waals surface area contributed by atoms with Crippen LogP contribution in [0.15, 0.2) is 24.3 Å². The highest BCUT2D eigenvalue weighted by molar-refractivity contribution is 6.30. The van der Waals surface area contributed by atoms with Crippen molar-refractivity contribution in [3.63, 3.8) is 0 Å². The van der Waals surface area contributed by atoms with E-state index in [4.69, 9.17) is 11.6 Å². The summed E-state index contributed by atoms with van der Waals surface area (Å²) in [6, 6.07) is 8.38. The summed E-state index contributed by atoms with van der Waals surface area (Å²) in [5, 5.41) is 4.39. The fourth-order valence-electron chi connectivity index (χ4n) is 2.62. The predicted octanol–water partition coefficient (Wildman–Crippen LogP) is 5.25. The van der Waals surface area contributed by atoms with E-state index in [-0.39, 0.29) is 0 Å². The average molecular weight is 282 g/mol. The molecule has 0 radical (unpaired) electrons. The van der Waals surface area contributed by atoms with Gasteiger partial charge in [0.2, 0.25) is 0 Å². The molecule has 1 N–H and O–H groups in total. The number of nitrogens with one attached hydrogen (secondary N) is 1. The van der Waals surface area contributed by atoms with Crippen LogP contribution in [0.5, 0.6) is 0 Å². The van der Waals surface area contributed by atoms with Crippen LogP contribution >= 0.6 is 11.6 Å². The smallest absolute Gasteiger partial charge is 0.0406 e. The third kappa shape index (κ3) is 6.44. The number of rotatable bonds is 9. The first kappa shape index (κ1) is 16.5. The molecule has 1 aromatic carbocycles. The monoisotopic (exact) mass is 281 g/mol. The maximum absolute atomic E-state index is 5.98. The summed E-state index contributed by atoms with van der Waals surface area (Å²) in [4.78, 5) is 0. The quantitative estimate of drug-likeness (QED) is 0.610. The van der Waals surface area contributed by atoms with Crippen molar-refractivity contribution in [2.75, 3.05) is 13.1 Å². The summed E-state index contributed by atoms with van der Waals surface area (Å²) in [6.07, 6.45) is 5.04. The number of halogens is 1. The highest BCUT2D eigenvalue weighted by Gasteiger charge is 2.14. The van der Waals surface area contributed by atoms with Gasteiger partial charge in [-0.25, -0.2) is 0 Å². The van der Waals surface area contributed by atoms with Crippen LogP contribution in [0.25, 0.3) is 0 Å². The van der Waals surface area contributed by atoms with Crippen LogP contribution in [0.4, 0.5) is 0 Å². The molecule has 1 nitrogen and oxygen atoms in total. The summed E-state index contributed by atoms with van der Waals surface area (Å²) in [5.74, 6) is 1.39. The van der Waals surface area contributed by atoms with E-state index in [0.717, 1.165) is 24.0 Å². The second-order valence-electron chi connectivity index (χ2n) is 5.58. The number of hydrogen-bond acceptors (Lipinski definition) is 1. The molecule has 0 saturated carbocycles. The molecule has 2 atom stereocenters. The van der Waals surface area contributed by atoms with Gasteiger partial charge in [-0.05, 0) is 48.9 Å². The fraction of sp³-hybridized carbons (Fsp3) is 0.647. The van der Waals surface area contributed by atoms with E-state index in [0.29, 0.717) is 5.92 Å². The zero-order valence-corrected chi connectivity index (χ0v) is 13.3. The van der Waals surface area contributed by atoms with Crippen molar-refractivity contribution in [3.8, 4) is 0 Å².